The Morgan fingerprint density at radius 3 is 2.44 bits per heavy atom. The Morgan fingerprint density at radius 2 is 1.73 bits per heavy atom. The number of ether oxygens (including phenoxy) is 2. The van der Waals surface area contributed by atoms with Gasteiger partial charge in [0.15, 0.2) is 11.6 Å². The zero-order chi connectivity index (χ0) is 28.5. The van der Waals surface area contributed by atoms with E-state index in [9.17, 15) is 4.79 Å². The summed E-state index contributed by atoms with van der Waals surface area (Å²) in [6, 6.07) is 25.0. The Bertz CT molecular complexity index is 1400. The summed E-state index contributed by atoms with van der Waals surface area (Å²) in [6.07, 6.45) is 3.22. The number of benzene rings is 3. The van der Waals surface area contributed by atoms with Gasteiger partial charge in [0.2, 0.25) is 5.90 Å². The summed E-state index contributed by atoms with van der Waals surface area (Å²) in [4.78, 5) is 24.7. The van der Waals surface area contributed by atoms with Crippen molar-refractivity contribution < 1.29 is 19.4 Å². The van der Waals surface area contributed by atoms with Crippen LogP contribution in [0, 0.1) is 0 Å². The zero-order valence-corrected chi connectivity index (χ0v) is 23.1. The molecule has 212 valence electrons. The van der Waals surface area contributed by atoms with Gasteiger partial charge in [-0.15, -0.1) is 0 Å². The molecule has 1 amide bonds. The summed E-state index contributed by atoms with van der Waals surface area (Å²) in [5, 5.41) is 12.8. The van der Waals surface area contributed by atoms with Crippen LogP contribution in [0.5, 0.6) is 5.75 Å². The maximum atomic E-state index is 14.6. The first kappa shape index (κ1) is 28.2. The summed E-state index contributed by atoms with van der Waals surface area (Å²) >= 11 is 0. The molecule has 0 unspecified atom stereocenters. The average Bonchev–Trinajstić information content (AvgIpc) is 3.42. The lowest BCUT2D eigenvalue weighted by atomic mass is 9.80. The smallest absolute Gasteiger partial charge is 0.255 e. The maximum Gasteiger partial charge on any atom is 0.255 e. The molecule has 9 nitrogen and oxygen atoms in total. The minimum Gasteiger partial charge on any atom is -0.494 e. The number of carbonyl (C=O) groups excluding carboxylic acids is 1. The third-order valence-electron chi connectivity index (χ3n) is 7.64. The number of hydrogen-bond acceptors (Lipinski definition) is 6. The summed E-state index contributed by atoms with van der Waals surface area (Å²) < 4.78 is 12.3. The number of piperidine rings is 1. The molecular weight excluding hydrogens is 518 g/mol. The van der Waals surface area contributed by atoms with Crippen molar-refractivity contribution in [1.82, 2.24) is 4.90 Å². The van der Waals surface area contributed by atoms with Crippen LogP contribution in [0.3, 0.4) is 0 Å². The van der Waals surface area contributed by atoms with Crippen LogP contribution >= 0.6 is 0 Å². The average molecular weight is 554 g/mol. The highest BCUT2D eigenvalue weighted by Crippen LogP contribution is 2.44. The van der Waals surface area contributed by atoms with E-state index in [1.807, 2.05) is 83.8 Å². The third kappa shape index (κ3) is 6.37. The molecule has 0 spiro atoms. The number of nitrogens with zero attached hydrogens (tertiary/aromatic N) is 5. The molecule has 2 heterocycles. The molecule has 1 N–H and O–H groups in total. The second-order valence-electron chi connectivity index (χ2n) is 10.4. The van der Waals surface area contributed by atoms with Crippen molar-refractivity contribution in [1.29, 1.82) is 0 Å². The Balaban J connectivity index is 1.60. The van der Waals surface area contributed by atoms with Crippen LogP contribution in [-0.2, 0) is 22.5 Å². The molecule has 0 bridgehead atoms. The number of amides is 1. The van der Waals surface area contributed by atoms with E-state index < -0.39 is 11.6 Å². The van der Waals surface area contributed by atoms with E-state index in [1.165, 1.54) is 0 Å². The van der Waals surface area contributed by atoms with Gasteiger partial charge in [0.25, 0.3) is 5.91 Å². The lowest BCUT2D eigenvalue weighted by Crippen LogP contribution is -2.53. The summed E-state index contributed by atoms with van der Waals surface area (Å²) in [7, 11) is 0. The molecule has 3 aromatic rings. The molecule has 0 radical (unpaired) electrons. The molecule has 0 saturated carbocycles. The molecule has 3 aromatic carbocycles. The number of likely N-dealkylation sites (tertiary alicyclic amines) is 1. The Kier molecular flexibility index (Phi) is 9.19. The first-order valence-corrected chi connectivity index (χ1v) is 14.2. The summed E-state index contributed by atoms with van der Waals surface area (Å²) in [6.45, 7) is 2.06. The van der Waals surface area contributed by atoms with Gasteiger partial charge in [-0.2, -0.15) is 0 Å². The normalized spacial score (nSPS) is 20.1. The van der Waals surface area contributed by atoms with Crippen molar-refractivity contribution in [3.8, 4) is 5.75 Å². The van der Waals surface area contributed by atoms with Gasteiger partial charge in [0.1, 0.15) is 5.75 Å². The highest BCUT2D eigenvalue weighted by atomic mass is 16.5. The number of hydrogen-bond donors (Lipinski definition) is 1. The molecule has 0 aromatic heterocycles. The van der Waals surface area contributed by atoms with E-state index in [1.54, 1.807) is 0 Å². The van der Waals surface area contributed by atoms with Gasteiger partial charge in [-0.25, -0.2) is 4.99 Å². The molecular formula is C32H35N5O4. The fraction of sp³-hybridized carbons (Fsp3) is 0.375. The number of azide groups is 1. The van der Waals surface area contributed by atoms with E-state index >= 15 is 0 Å². The maximum absolute atomic E-state index is 14.6. The van der Waals surface area contributed by atoms with Crippen LogP contribution in [0.4, 0.5) is 0 Å². The van der Waals surface area contributed by atoms with Gasteiger partial charge in [-0.1, -0.05) is 59.7 Å². The molecule has 41 heavy (non-hydrogen) atoms. The van der Waals surface area contributed by atoms with E-state index in [4.69, 9.17) is 25.1 Å². The fourth-order valence-corrected chi connectivity index (χ4v) is 5.55. The van der Waals surface area contributed by atoms with Crippen molar-refractivity contribution in [3.05, 3.63) is 112 Å². The first-order valence-electron chi connectivity index (χ1n) is 14.2. The van der Waals surface area contributed by atoms with Crippen LogP contribution in [0.15, 0.2) is 89.0 Å². The highest BCUT2D eigenvalue weighted by molar-refractivity contribution is 6.01. The molecule has 2 aliphatic heterocycles. The second-order valence-corrected chi connectivity index (χ2v) is 10.4. The minimum atomic E-state index is -1.25. The van der Waals surface area contributed by atoms with Gasteiger partial charge in [-0.05, 0) is 65.7 Å². The minimum absolute atomic E-state index is 0.0522. The monoisotopic (exact) mass is 553 g/mol. The molecule has 9 heteroatoms. The lowest BCUT2D eigenvalue weighted by Gasteiger charge is -2.37. The van der Waals surface area contributed by atoms with Gasteiger partial charge in [-0.3, -0.25) is 4.79 Å². The molecule has 5 rings (SSSR count). The molecule has 2 atom stereocenters. The Hall–Kier alpha value is -4.33. The number of rotatable bonds is 11. The van der Waals surface area contributed by atoms with E-state index in [0.717, 1.165) is 41.5 Å². The fourth-order valence-electron chi connectivity index (χ4n) is 5.55. The van der Waals surface area contributed by atoms with Crippen LogP contribution < -0.4 is 4.74 Å². The number of carbonyl (C=O) groups is 1. The Morgan fingerprint density at radius 1 is 1.02 bits per heavy atom. The van der Waals surface area contributed by atoms with Crippen molar-refractivity contribution in [2.75, 3.05) is 26.3 Å². The Labute approximate surface area is 240 Å². The van der Waals surface area contributed by atoms with Crippen LogP contribution in [0.1, 0.15) is 54.0 Å². The summed E-state index contributed by atoms with van der Waals surface area (Å²) in [5.41, 5.74) is 11.1. The zero-order valence-electron chi connectivity index (χ0n) is 23.1. The SMILES string of the molecule is [N-]=[N+]=NCc1ccccc1C[C@]1(C(=O)N2CCCCC2)N=C(c2ccc(OCCCO)cc2)O[C@H]1c1ccccc1. The molecule has 2 aliphatic rings. The van der Waals surface area contributed by atoms with Crippen LogP contribution in [-0.4, -0.2) is 53.7 Å². The number of aliphatic hydroxyl groups excluding tert-OH is 1. The van der Waals surface area contributed by atoms with Crippen LogP contribution in [0.25, 0.3) is 10.4 Å². The van der Waals surface area contributed by atoms with Crippen molar-refractivity contribution in [2.45, 2.75) is 50.3 Å². The van der Waals surface area contributed by atoms with Crippen molar-refractivity contribution >= 4 is 11.8 Å². The highest BCUT2D eigenvalue weighted by Gasteiger charge is 2.55. The van der Waals surface area contributed by atoms with E-state index in [0.29, 0.717) is 44.2 Å². The van der Waals surface area contributed by atoms with Crippen molar-refractivity contribution in [2.24, 2.45) is 10.1 Å². The molecule has 0 aliphatic carbocycles. The number of aliphatic imine (C=N–C) groups is 1. The van der Waals surface area contributed by atoms with Gasteiger partial charge in [0, 0.05) is 43.0 Å². The van der Waals surface area contributed by atoms with Crippen molar-refractivity contribution in [3.63, 3.8) is 0 Å². The van der Waals surface area contributed by atoms with E-state index in [2.05, 4.69) is 10.0 Å². The third-order valence-corrected chi connectivity index (χ3v) is 7.64. The van der Waals surface area contributed by atoms with Gasteiger partial charge < -0.3 is 19.5 Å². The second kappa shape index (κ2) is 13.4. The van der Waals surface area contributed by atoms with Gasteiger partial charge >= 0.3 is 0 Å². The lowest BCUT2D eigenvalue weighted by molar-refractivity contribution is -0.140. The quantitative estimate of drug-likeness (QED) is 0.140. The van der Waals surface area contributed by atoms with Crippen LogP contribution in [0.2, 0.25) is 0 Å². The van der Waals surface area contributed by atoms with Gasteiger partial charge in [0.05, 0.1) is 13.2 Å². The molecule has 1 saturated heterocycles. The largest absolute Gasteiger partial charge is 0.494 e. The topological polar surface area (TPSA) is 120 Å². The first-order chi connectivity index (χ1) is 20.1. The summed E-state index contributed by atoms with van der Waals surface area (Å²) in [5.74, 6) is 1.03. The predicted octanol–water partition coefficient (Wildman–Crippen LogP) is 5.77. The standard InChI is InChI=1S/C32H35N5O4/c33-36-34-23-27-13-6-5-12-26(27)22-32(31(39)37-18-7-2-8-19-37)29(24-10-3-1-4-11-24)41-30(35-32)25-14-16-28(17-15-25)40-21-9-20-38/h1,3-6,10-17,29,38H,2,7-9,18-23H2/t29-,32-/m0/s1. The predicted molar refractivity (Wildman–Crippen MR) is 157 cm³/mol. The van der Waals surface area contributed by atoms with E-state index in [-0.39, 0.29) is 19.1 Å². The molecule has 1 fully saturated rings. The number of aliphatic hydroxyl groups is 1.